The van der Waals surface area contributed by atoms with Crippen molar-refractivity contribution in [1.29, 1.82) is 0 Å². The lowest BCUT2D eigenvalue weighted by Crippen LogP contribution is -2.12. The van der Waals surface area contributed by atoms with Gasteiger partial charge in [-0.2, -0.15) is 5.10 Å². The molecule has 2 aromatic carbocycles. The molecule has 4 aromatic rings. The number of carbonyl (C=O) groups excluding carboxylic acids is 1. The summed E-state index contributed by atoms with van der Waals surface area (Å²) in [4.78, 5) is 13.1. The molecule has 2 heterocycles. The van der Waals surface area contributed by atoms with E-state index in [1.54, 1.807) is 10.9 Å². The van der Waals surface area contributed by atoms with Crippen LogP contribution >= 0.6 is 11.3 Å². The van der Waals surface area contributed by atoms with E-state index in [0.29, 0.717) is 22.3 Å². The number of anilines is 1. The SMILES string of the molecule is CCC(CC)c1nnc(NC(=O)c2cn(-c3ccccc3)nc2-c2ccccc2)s1. The first-order valence-electron chi connectivity index (χ1n) is 10.0. The zero-order chi connectivity index (χ0) is 20.9. The number of para-hydroxylation sites is 1. The zero-order valence-electron chi connectivity index (χ0n) is 16.9. The Hall–Kier alpha value is -3.32. The van der Waals surface area contributed by atoms with Crippen molar-refractivity contribution in [3.63, 3.8) is 0 Å². The van der Waals surface area contributed by atoms with Crippen molar-refractivity contribution in [1.82, 2.24) is 20.0 Å². The van der Waals surface area contributed by atoms with Crippen molar-refractivity contribution in [2.45, 2.75) is 32.6 Å². The first kappa shape index (κ1) is 20.0. The molecule has 6 nitrogen and oxygen atoms in total. The molecular weight excluding hydrogens is 394 g/mol. The molecule has 0 aliphatic heterocycles. The van der Waals surface area contributed by atoms with Gasteiger partial charge in [-0.15, -0.1) is 10.2 Å². The van der Waals surface area contributed by atoms with Gasteiger partial charge in [0.2, 0.25) is 5.13 Å². The Balaban J connectivity index is 1.67. The van der Waals surface area contributed by atoms with Crippen LogP contribution in [0.2, 0.25) is 0 Å². The minimum absolute atomic E-state index is 0.247. The van der Waals surface area contributed by atoms with E-state index in [2.05, 4.69) is 29.4 Å². The molecule has 1 N–H and O–H groups in total. The molecule has 1 amide bonds. The minimum atomic E-state index is -0.247. The highest BCUT2D eigenvalue weighted by molar-refractivity contribution is 7.15. The average molecular weight is 418 g/mol. The highest BCUT2D eigenvalue weighted by Gasteiger charge is 2.21. The lowest BCUT2D eigenvalue weighted by molar-refractivity contribution is 0.102. The fourth-order valence-electron chi connectivity index (χ4n) is 3.31. The van der Waals surface area contributed by atoms with Crippen molar-refractivity contribution in [3.05, 3.63) is 77.4 Å². The molecule has 4 rings (SSSR count). The lowest BCUT2D eigenvalue weighted by Gasteiger charge is -2.05. The van der Waals surface area contributed by atoms with Gasteiger partial charge in [-0.05, 0) is 25.0 Å². The first-order chi connectivity index (χ1) is 14.7. The number of amides is 1. The van der Waals surface area contributed by atoms with Gasteiger partial charge in [0.05, 0.1) is 11.3 Å². The molecule has 0 atom stereocenters. The standard InChI is InChI=1S/C23H23N5OS/c1-3-16(4-2)22-25-26-23(30-22)24-21(29)19-15-28(18-13-9-6-10-14-18)27-20(19)17-11-7-5-8-12-17/h5-16H,3-4H2,1-2H3,(H,24,26,29). The molecule has 0 fully saturated rings. The van der Waals surface area contributed by atoms with E-state index < -0.39 is 0 Å². The maximum Gasteiger partial charge on any atom is 0.261 e. The normalized spacial score (nSPS) is 11.0. The second-order valence-corrected chi connectivity index (χ2v) is 7.96. The summed E-state index contributed by atoms with van der Waals surface area (Å²) in [6.07, 6.45) is 3.76. The van der Waals surface area contributed by atoms with Crippen molar-refractivity contribution < 1.29 is 4.79 Å². The number of nitrogens with one attached hydrogen (secondary N) is 1. The fourth-order valence-corrected chi connectivity index (χ4v) is 4.32. The molecule has 2 aromatic heterocycles. The monoisotopic (exact) mass is 417 g/mol. The van der Waals surface area contributed by atoms with E-state index >= 15 is 0 Å². The third kappa shape index (κ3) is 4.16. The molecule has 0 unspecified atom stereocenters. The summed E-state index contributed by atoms with van der Waals surface area (Å²) in [5.41, 5.74) is 2.89. The highest BCUT2D eigenvalue weighted by Crippen LogP contribution is 2.29. The minimum Gasteiger partial charge on any atom is -0.296 e. The van der Waals surface area contributed by atoms with Gasteiger partial charge < -0.3 is 0 Å². The van der Waals surface area contributed by atoms with Crippen LogP contribution in [-0.4, -0.2) is 25.9 Å². The maximum atomic E-state index is 13.1. The summed E-state index contributed by atoms with van der Waals surface area (Å²) >= 11 is 1.44. The molecule has 0 aliphatic carbocycles. The van der Waals surface area contributed by atoms with Crippen LogP contribution in [0.1, 0.15) is 48.0 Å². The van der Waals surface area contributed by atoms with Crippen molar-refractivity contribution in [2.75, 3.05) is 5.32 Å². The Bertz CT molecular complexity index is 1120. The van der Waals surface area contributed by atoms with Gasteiger partial charge in [-0.1, -0.05) is 73.7 Å². The second kappa shape index (κ2) is 9.00. The number of carbonyl (C=O) groups is 1. The predicted molar refractivity (Wildman–Crippen MR) is 120 cm³/mol. The van der Waals surface area contributed by atoms with Crippen molar-refractivity contribution in [3.8, 4) is 16.9 Å². The number of aromatic nitrogens is 4. The van der Waals surface area contributed by atoms with Crippen molar-refractivity contribution >= 4 is 22.4 Å². The van der Waals surface area contributed by atoms with Gasteiger partial charge in [0.25, 0.3) is 5.91 Å². The molecule has 0 radical (unpaired) electrons. The van der Waals surface area contributed by atoms with Gasteiger partial charge in [0.1, 0.15) is 10.7 Å². The molecule has 0 aliphatic rings. The van der Waals surface area contributed by atoms with E-state index in [1.807, 2.05) is 60.7 Å². The summed E-state index contributed by atoms with van der Waals surface area (Å²) in [6, 6.07) is 19.5. The van der Waals surface area contributed by atoms with E-state index in [9.17, 15) is 4.79 Å². The van der Waals surface area contributed by atoms with E-state index in [0.717, 1.165) is 29.1 Å². The van der Waals surface area contributed by atoms with Crippen LogP contribution in [0.15, 0.2) is 66.9 Å². The van der Waals surface area contributed by atoms with Crippen LogP contribution in [0.5, 0.6) is 0 Å². The lowest BCUT2D eigenvalue weighted by atomic mass is 10.1. The summed E-state index contributed by atoms with van der Waals surface area (Å²) in [5, 5.41) is 17.5. The van der Waals surface area contributed by atoms with E-state index in [4.69, 9.17) is 5.10 Å². The van der Waals surface area contributed by atoms with Gasteiger partial charge in [0, 0.05) is 17.7 Å². The molecule has 7 heteroatoms. The van der Waals surface area contributed by atoms with Crippen LogP contribution in [-0.2, 0) is 0 Å². The maximum absolute atomic E-state index is 13.1. The Morgan fingerprint density at radius 1 is 1.00 bits per heavy atom. The van der Waals surface area contributed by atoms with Crippen LogP contribution in [0.3, 0.4) is 0 Å². The van der Waals surface area contributed by atoms with Gasteiger partial charge in [-0.25, -0.2) is 4.68 Å². The molecule has 152 valence electrons. The topological polar surface area (TPSA) is 72.7 Å². The van der Waals surface area contributed by atoms with Gasteiger partial charge in [-0.3, -0.25) is 10.1 Å². The summed E-state index contributed by atoms with van der Waals surface area (Å²) in [6.45, 7) is 4.27. The fraction of sp³-hybridized carbons (Fsp3) is 0.217. The molecule has 0 bridgehead atoms. The summed E-state index contributed by atoms with van der Waals surface area (Å²) < 4.78 is 1.73. The summed E-state index contributed by atoms with van der Waals surface area (Å²) in [5.74, 6) is 0.122. The van der Waals surface area contributed by atoms with Gasteiger partial charge in [0.15, 0.2) is 0 Å². The van der Waals surface area contributed by atoms with Crippen LogP contribution in [0.25, 0.3) is 16.9 Å². The molecule has 0 saturated heterocycles. The second-order valence-electron chi connectivity index (χ2n) is 6.95. The average Bonchev–Trinajstić information content (AvgIpc) is 3.44. The third-order valence-corrected chi connectivity index (χ3v) is 6.02. The van der Waals surface area contributed by atoms with E-state index in [1.165, 1.54) is 11.3 Å². The molecule has 30 heavy (non-hydrogen) atoms. The number of benzene rings is 2. The van der Waals surface area contributed by atoms with Crippen LogP contribution in [0.4, 0.5) is 5.13 Å². The van der Waals surface area contributed by atoms with Crippen molar-refractivity contribution in [2.24, 2.45) is 0 Å². The van der Waals surface area contributed by atoms with Crippen LogP contribution in [0, 0.1) is 0 Å². The molecule has 0 saturated carbocycles. The largest absolute Gasteiger partial charge is 0.296 e. The first-order valence-corrected chi connectivity index (χ1v) is 10.9. The number of hydrogen-bond acceptors (Lipinski definition) is 5. The number of hydrogen-bond donors (Lipinski definition) is 1. The zero-order valence-corrected chi connectivity index (χ0v) is 17.8. The Morgan fingerprint density at radius 3 is 2.33 bits per heavy atom. The van der Waals surface area contributed by atoms with Crippen LogP contribution < -0.4 is 5.32 Å². The third-order valence-electron chi connectivity index (χ3n) is 5.02. The van der Waals surface area contributed by atoms with E-state index in [-0.39, 0.29) is 5.91 Å². The number of rotatable bonds is 7. The predicted octanol–water partition coefficient (Wildman–Crippen LogP) is 5.55. The Kier molecular flexibility index (Phi) is 5.99. The Morgan fingerprint density at radius 2 is 1.67 bits per heavy atom. The summed E-state index contributed by atoms with van der Waals surface area (Å²) in [7, 11) is 0. The smallest absolute Gasteiger partial charge is 0.261 e. The Labute approximate surface area is 179 Å². The van der Waals surface area contributed by atoms with Gasteiger partial charge >= 0.3 is 0 Å². The molecular formula is C23H23N5OS. The number of nitrogens with zero attached hydrogens (tertiary/aromatic N) is 4. The highest BCUT2D eigenvalue weighted by atomic mass is 32.1. The molecule has 0 spiro atoms. The quantitative estimate of drug-likeness (QED) is 0.428.